The molecule has 152 valence electrons. The van der Waals surface area contributed by atoms with E-state index in [2.05, 4.69) is 0 Å². The highest BCUT2D eigenvalue weighted by Gasteiger charge is 2.75. The fourth-order valence-corrected chi connectivity index (χ4v) is 9.65. The summed E-state index contributed by atoms with van der Waals surface area (Å²) in [6, 6.07) is 4.12. The molecule has 0 bridgehead atoms. The fraction of sp³-hybridized carbons (Fsp3) is 0.625. The van der Waals surface area contributed by atoms with Crippen molar-refractivity contribution < 1.29 is 33.2 Å². The number of likely N-dealkylation sites (tertiary alicyclic amines) is 1. The molecule has 27 heavy (non-hydrogen) atoms. The van der Waals surface area contributed by atoms with Gasteiger partial charge >= 0.3 is 15.2 Å². The van der Waals surface area contributed by atoms with Gasteiger partial charge in [-0.3, -0.25) is 9.13 Å². The van der Waals surface area contributed by atoms with Crippen LogP contribution in [0.1, 0.15) is 37.3 Å². The predicted molar refractivity (Wildman–Crippen MR) is 104 cm³/mol. The maximum Gasteiger partial charge on any atom is 0.349 e. The molecule has 1 aromatic carbocycles. The zero-order valence-electron chi connectivity index (χ0n) is 15.0. The number of piperidine rings is 1. The first-order valence-electron chi connectivity index (χ1n) is 8.63. The number of hydrogen-bond acceptors (Lipinski definition) is 2. The molecule has 1 saturated heterocycles. The highest BCUT2D eigenvalue weighted by molar-refractivity contribution is 7.72. The van der Waals surface area contributed by atoms with Gasteiger partial charge in [-0.25, -0.2) is 0 Å². The molecule has 11 heteroatoms. The summed E-state index contributed by atoms with van der Waals surface area (Å²) < 4.78 is 24.9. The van der Waals surface area contributed by atoms with Crippen molar-refractivity contribution in [2.45, 2.75) is 42.7 Å². The third kappa shape index (κ3) is 3.26. The minimum absolute atomic E-state index is 0.0683. The van der Waals surface area contributed by atoms with Crippen LogP contribution < -0.4 is 0 Å². The quantitative estimate of drug-likeness (QED) is 0.405. The second-order valence-electron chi connectivity index (χ2n) is 8.11. The van der Waals surface area contributed by atoms with E-state index in [9.17, 15) is 28.7 Å². The van der Waals surface area contributed by atoms with Gasteiger partial charge in [0.1, 0.15) is 12.1 Å². The van der Waals surface area contributed by atoms with Crippen molar-refractivity contribution in [2.24, 2.45) is 5.92 Å². The highest BCUT2D eigenvalue weighted by atomic mass is 35.5. The van der Waals surface area contributed by atoms with Crippen molar-refractivity contribution in [3.63, 3.8) is 0 Å². The summed E-state index contributed by atoms with van der Waals surface area (Å²) in [6.07, 6.45) is 1.56. The number of benzene rings is 1. The molecule has 0 amide bonds. The van der Waals surface area contributed by atoms with Crippen LogP contribution in [0.15, 0.2) is 18.2 Å². The number of quaternary nitrogens is 1. The number of halogens is 2. The van der Waals surface area contributed by atoms with E-state index in [4.69, 9.17) is 23.2 Å². The minimum Gasteiger partial charge on any atom is -0.323 e. The molecule has 2 aliphatic rings. The van der Waals surface area contributed by atoms with E-state index in [1.54, 1.807) is 26.2 Å². The molecular formula is C16H24Cl2NO6P2+. The molecule has 0 aromatic heterocycles. The van der Waals surface area contributed by atoms with Crippen molar-refractivity contribution in [1.29, 1.82) is 0 Å². The third-order valence-corrected chi connectivity index (χ3v) is 11.8. The lowest BCUT2D eigenvalue weighted by atomic mass is 9.83. The van der Waals surface area contributed by atoms with Crippen molar-refractivity contribution in [2.75, 3.05) is 14.1 Å². The maximum absolute atomic E-state index is 12.4. The van der Waals surface area contributed by atoms with Gasteiger partial charge in [0.05, 0.1) is 24.1 Å². The van der Waals surface area contributed by atoms with Gasteiger partial charge in [-0.1, -0.05) is 29.3 Å². The van der Waals surface area contributed by atoms with Crippen LogP contribution in [0.3, 0.4) is 0 Å². The lowest BCUT2D eigenvalue weighted by molar-refractivity contribution is -0.953. The molecular weight excluding hydrogens is 435 g/mol. The number of rotatable bonds is 3. The van der Waals surface area contributed by atoms with E-state index in [1.807, 2.05) is 6.07 Å². The first-order chi connectivity index (χ1) is 12.2. The summed E-state index contributed by atoms with van der Waals surface area (Å²) in [5.74, 6) is -0.167. The SMILES string of the molecule is C[N+]1(C)C(c2ccc(Cl)c(Cl)c2)CCC2CCC(P(=O)(O)O)(P(=O)(O)O)C21. The molecule has 1 saturated carbocycles. The Morgan fingerprint density at radius 2 is 1.59 bits per heavy atom. The molecule has 1 aliphatic carbocycles. The standard InChI is InChI=1S/C16H23Cl2NO6P2/c1-19(2)14(11-3-5-12(17)13(18)9-11)6-4-10-7-8-16(15(10)19,26(20,21)22)27(23,24)25/h3,5,9-10,14-15H,4,6-8H2,1-2H3,(H3-,20,21,22,23,24,25)/p+1. The molecule has 1 aromatic rings. The summed E-state index contributed by atoms with van der Waals surface area (Å²) in [5.41, 5.74) is 0.838. The van der Waals surface area contributed by atoms with Crippen LogP contribution in [0.5, 0.6) is 0 Å². The van der Waals surface area contributed by atoms with Crippen molar-refractivity contribution in [1.82, 2.24) is 0 Å². The highest BCUT2D eigenvalue weighted by Crippen LogP contribution is 2.78. The van der Waals surface area contributed by atoms with Gasteiger partial charge in [-0.15, -0.1) is 0 Å². The van der Waals surface area contributed by atoms with Crippen LogP contribution in [0, 0.1) is 5.92 Å². The first-order valence-corrected chi connectivity index (χ1v) is 12.6. The Bertz CT molecular complexity index is 829. The lowest BCUT2D eigenvalue weighted by Gasteiger charge is -2.54. The topological polar surface area (TPSA) is 115 Å². The Morgan fingerprint density at radius 1 is 1.00 bits per heavy atom. The Morgan fingerprint density at radius 3 is 2.11 bits per heavy atom. The molecule has 3 unspecified atom stereocenters. The Hall–Kier alpha value is 0.0600. The summed E-state index contributed by atoms with van der Waals surface area (Å²) >= 11 is 12.2. The average molecular weight is 459 g/mol. The van der Waals surface area contributed by atoms with Gasteiger partial charge in [0.2, 0.25) is 4.90 Å². The Balaban J connectivity index is 2.15. The zero-order chi connectivity index (χ0) is 20.4. The number of hydrogen-bond donors (Lipinski definition) is 4. The van der Waals surface area contributed by atoms with Crippen LogP contribution in [0.2, 0.25) is 10.0 Å². The second kappa shape index (κ2) is 6.80. The van der Waals surface area contributed by atoms with Gasteiger partial charge in [-0.2, -0.15) is 0 Å². The molecule has 3 rings (SSSR count). The Kier molecular flexibility index (Phi) is 5.48. The van der Waals surface area contributed by atoms with Gasteiger partial charge in [0.15, 0.2) is 0 Å². The van der Waals surface area contributed by atoms with Crippen molar-refractivity contribution in [3.05, 3.63) is 33.8 Å². The number of nitrogens with zero attached hydrogens (tertiary/aromatic N) is 1. The molecule has 3 atom stereocenters. The average Bonchev–Trinajstić information content (AvgIpc) is 2.92. The van der Waals surface area contributed by atoms with Crippen LogP contribution >= 0.6 is 38.4 Å². The smallest absolute Gasteiger partial charge is 0.323 e. The third-order valence-electron chi connectivity index (χ3n) is 6.47. The van der Waals surface area contributed by atoms with Crippen LogP contribution in [0.4, 0.5) is 0 Å². The zero-order valence-corrected chi connectivity index (χ0v) is 18.3. The maximum atomic E-state index is 12.4. The number of fused-ring (bicyclic) bond motifs is 1. The van der Waals surface area contributed by atoms with E-state index in [0.29, 0.717) is 22.9 Å². The molecule has 0 radical (unpaired) electrons. The van der Waals surface area contributed by atoms with Crippen LogP contribution in [-0.2, 0) is 9.13 Å². The van der Waals surface area contributed by atoms with Gasteiger partial charge < -0.3 is 24.1 Å². The predicted octanol–water partition coefficient (Wildman–Crippen LogP) is 3.74. The lowest BCUT2D eigenvalue weighted by Crippen LogP contribution is -2.63. The van der Waals surface area contributed by atoms with Gasteiger partial charge in [0.25, 0.3) is 0 Å². The largest absolute Gasteiger partial charge is 0.349 e. The van der Waals surface area contributed by atoms with E-state index < -0.39 is 26.1 Å². The second-order valence-corrected chi connectivity index (χ2v) is 13.0. The monoisotopic (exact) mass is 458 g/mol. The minimum atomic E-state index is -5.10. The summed E-state index contributed by atoms with van der Waals surface area (Å²) in [5, 5.41) is 0.777. The Labute approximate surface area is 168 Å². The van der Waals surface area contributed by atoms with E-state index in [0.717, 1.165) is 12.0 Å². The summed E-state index contributed by atoms with van der Waals surface area (Å²) in [7, 11) is -6.62. The summed E-state index contributed by atoms with van der Waals surface area (Å²) in [4.78, 5) is 38.0. The van der Waals surface area contributed by atoms with Gasteiger partial charge in [-0.05, 0) is 31.4 Å². The molecule has 1 aliphatic heterocycles. The van der Waals surface area contributed by atoms with E-state index in [-0.39, 0.29) is 22.9 Å². The summed E-state index contributed by atoms with van der Waals surface area (Å²) in [6.45, 7) is 0. The van der Waals surface area contributed by atoms with E-state index in [1.165, 1.54) is 0 Å². The fourth-order valence-electron chi connectivity index (χ4n) is 5.43. The molecule has 2 fully saturated rings. The van der Waals surface area contributed by atoms with Crippen LogP contribution in [-0.4, -0.2) is 49.1 Å². The molecule has 1 heterocycles. The van der Waals surface area contributed by atoms with Crippen molar-refractivity contribution >= 4 is 38.4 Å². The molecule has 0 spiro atoms. The van der Waals surface area contributed by atoms with Crippen LogP contribution in [0.25, 0.3) is 0 Å². The van der Waals surface area contributed by atoms with Crippen molar-refractivity contribution in [3.8, 4) is 0 Å². The van der Waals surface area contributed by atoms with E-state index >= 15 is 0 Å². The molecule has 7 nitrogen and oxygen atoms in total. The normalized spacial score (nSPS) is 30.1. The van der Waals surface area contributed by atoms with Gasteiger partial charge in [0, 0.05) is 17.9 Å². The first kappa shape index (κ1) is 21.8. The molecule has 4 N–H and O–H groups in total.